The highest BCUT2D eigenvalue weighted by Gasteiger charge is 2.33. The molecule has 7 aromatic heterocycles. The fraction of sp³-hybridized carbons (Fsp3) is 0.489. The Kier molecular flexibility index (Phi) is 40.6. The Labute approximate surface area is 822 Å². The number of alkyl carbamates (subject to hydrolysis) is 2. The van der Waals surface area contributed by atoms with Gasteiger partial charge in [0.25, 0.3) is 0 Å². The van der Waals surface area contributed by atoms with E-state index in [-0.39, 0.29) is 53.2 Å². The molecule has 5 saturated carbocycles. The number of nitrogens with one attached hydrogen (secondary N) is 4. The summed E-state index contributed by atoms with van der Waals surface area (Å²) in [5.41, 5.74) is 14.0. The first-order valence-corrected chi connectivity index (χ1v) is 55.7. The van der Waals surface area contributed by atoms with Crippen LogP contribution in [0.4, 0.5) is 19.9 Å². The van der Waals surface area contributed by atoms with Crippen LogP contribution in [-0.4, -0.2) is 186 Å². The van der Waals surface area contributed by atoms with Crippen LogP contribution in [0.2, 0.25) is 5.28 Å². The van der Waals surface area contributed by atoms with Gasteiger partial charge in [-0.2, -0.15) is 4.31 Å². The van der Waals surface area contributed by atoms with Gasteiger partial charge in [0.05, 0.1) is 44.4 Å². The van der Waals surface area contributed by atoms with Gasteiger partial charge in [-0.05, 0) is 276 Å². The maximum absolute atomic E-state index is 14.2. The molecule has 40 heteroatoms. The number of halogens is 1. The molecule has 10 atom stereocenters. The first-order chi connectivity index (χ1) is 64.0. The Hall–Kier alpha value is -8.42. The Morgan fingerprint density at radius 3 is 1.08 bits per heavy atom. The van der Waals surface area contributed by atoms with E-state index < -0.39 is 31.2 Å². The average molecular weight is 2020 g/mol. The number of nitrogens with zero attached hydrogens (tertiary/aromatic N) is 13. The van der Waals surface area contributed by atoms with E-state index in [0.717, 1.165) is 217 Å². The molecule has 722 valence electrons. The number of primary sulfonamides is 1. The highest BCUT2D eigenvalue weighted by atomic mass is 35.5. The molecule has 11 aromatic rings. The van der Waals surface area contributed by atoms with Crippen LogP contribution in [0.25, 0.3) is 20.4 Å². The number of ether oxygens (including phenoxy) is 4. The van der Waals surface area contributed by atoms with E-state index in [1.807, 2.05) is 171 Å². The van der Waals surface area contributed by atoms with Gasteiger partial charge in [-0.3, -0.25) is 0 Å². The number of carbonyl (C=O) groups excluding carboxylic acids is 2. The van der Waals surface area contributed by atoms with Crippen LogP contribution < -0.4 is 47.3 Å². The molecule has 16 rings (SSSR count). The van der Waals surface area contributed by atoms with Crippen molar-refractivity contribution in [3.05, 3.63) is 187 Å². The lowest BCUT2D eigenvalue weighted by Gasteiger charge is -2.23. The molecule has 4 aromatic carbocycles. The molecule has 10 N–H and O–H groups in total. The molecule has 0 spiro atoms. The number of thiazole rings is 2. The number of amides is 2. The summed E-state index contributed by atoms with van der Waals surface area (Å²) >= 11 is 16.6. The van der Waals surface area contributed by atoms with E-state index in [4.69, 9.17) is 52.1 Å². The van der Waals surface area contributed by atoms with Crippen LogP contribution in [0.3, 0.4) is 0 Å². The molecular formula is C94H125ClN20O10S9. The van der Waals surface area contributed by atoms with Gasteiger partial charge in [0.15, 0.2) is 10.3 Å². The van der Waals surface area contributed by atoms with Crippen molar-refractivity contribution >= 4 is 156 Å². The second-order valence-electron chi connectivity index (χ2n) is 35.6. The Morgan fingerprint density at radius 1 is 0.433 bits per heavy atom. The van der Waals surface area contributed by atoms with Gasteiger partial charge >= 0.3 is 12.2 Å². The lowest BCUT2D eigenvalue weighted by Crippen LogP contribution is -2.38. The van der Waals surface area contributed by atoms with Crippen LogP contribution in [0, 0.1) is 23.7 Å². The SMILES string of the molecule is CC(C)(C)OC(=O)N[C@H]1CC[C@H](N)C1.COc1ccc(CN(Cc2ccc(OC)cc2)S(=O)(=O)c2ccc3nc(N[C@H]4CC[C@H](Cc5ncc(SC)cn5)C4)sc3c2)cc1.CSc1cnc(C[C@H]2CC[C@H](N)C2)nc1.CSc1cnc(C[C@H]2CC[C@H](NC(=O)OC(C)(C)C)C2)nc1.CSc1cnc(C[C@H]2CC[C@H](Nc3nc4ccc(S(N)(=O)=O)cc4s3)C2)nc1.CSc1cnc(Cl)nc1. The zero-order chi connectivity index (χ0) is 96.1. The predicted molar refractivity (Wildman–Crippen MR) is 542 cm³/mol. The number of hydrogen-bond acceptors (Lipinski definition) is 33. The molecule has 0 radical (unpaired) electrons. The number of anilines is 2. The summed E-state index contributed by atoms with van der Waals surface area (Å²) < 4.78 is 75.6. The van der Waals surface area contributed by atoms with Crippen molar-refractivity contribution in [1.82, 2.24) is 74.7 Å². The van der Waals surface area contributed by atoms with Crippen LogP contribution in [0.5, 0.6) is 11.5 Å². The van der Waals surface area contributed by atoms with Crippen molar-refractivity contribution in [2.45, 2.75) is 258 Å². The summed E-state index contributed by atoms with van der Waals surface area (Å²) in [6, 6.07) is 26.6. The number of carbonyl (C=O) groups is 2. The highest BCUT2D eigenvalue weighted by molar-refractivity contribution is 7.99. The van der Waals surface area contributed by atoms with Gasteiger partial charge in [-0.25, -0.2) is 91.4 Å². The summed E-state index contributed by atoms with van der Waals surface area (Å²) in [6.07, 6.45) is 47.3. The average Bonchev–Trinajstić information content (AvgIpc) is 1.68. The molecule has 0 aliphatic heterocycles. The van der Waals surface area contributed by atoms with Gasteiger partial charge in [-0.1, -0.05) is 46.9 Å². The first kappa shape index (κ1) is 106. The maximum atomic E-state index is 14.2. The number of thioether (sulfide) groups is 5. The Morgan fingerprint density at radius 2 is 0.746 bits per heavy atom. The minimum atomic E-state index is -3.86. The third kappa shape index (κ3) is 34.9. The molecule has 5 aliphatic rings. The van der Waals surface area contributed by atoms with Crippen LogP contribution >= 0.6 is 93.1 Å². The molecule has 0 saturated heterocycles. The number of nitrogens with two attached hydrogens (primary N) is 3. The van der Waals surface area contributed by atoms with Gasteiger partial charge in [0, 0.05) is 161 Å². The van der Waals surface area contributed by atoms with Gasteiger partial charge < -0.3 is 51.7 Å². The topological polar surface area (TPSA) is 423 Å². The largest absolute Gasteiger partial charge is 0.497 e. The lowest BCUT2D eigenvalue weighted by molar-refractivity contribution is 0.0493. The zero-order valence-electron chi connectivity index (χ0n) is 78.2. The molecule has 2 amide bonds. The minimum absolute atomic E-state index is 0.114. The Balaban J connectivity index is 0.000000168. The number of methoxy groups -OCH3 is 2. The van der Waals surface area contributed by atoms with E-state index in [1.165, 1.54) is 39.5 Å². The second kappa shape index (κ2) is 51.3. The van der Waals surface area contributed by atoms with E-state index in [1.54, 1.807) is 116 Å². The lowest BCUT2D eigenvalue weighted by atomic mass is 10.0. The molecular weight excluding hydrogens is 1890 g/mol. The summed E-state index contributed by atoms with van der Waals surface area (Å²) in [7, 11) is -4.34. The highest BCUT2D eigenvalue weighted by Crippen LogP contribution is 2.39. The van der Waals surface area contributed by atoms with E-state index in [9.17, 15) is 26.4 Å². The van der Waals surface area contributed by atoms with Crippen molar-refractivity contribution in [3.8, 4) is 11.5 Å². The Bertz CT molecular complexity index is 5700. The number of sulfonamides is 2. The summed E-state index contributed by atoms with van der Waals surface area (Å²) in [4.78, 5) is 81.3. The fourth-order valence-corrected chi connectivity index (χ4v) is 21.9. The number of fused-ring (bicyclic) bond motifs is 2. The van der Waals surface area contributed by atoms with Crippen molar-refractivity contribution < 1.29 is 45.4 Å². The summed E-state index contributed by atoms with van der Waals surface area (Å²) in [5.74, 6) is 7.39. The molecule has 0 unspecified atom stereocenters. The molecule has 0 bridgehead atoms. The quantitative estimate of drug-likeness (QED) is 0.0177. The normalized spacial score (nSPS) is 19.8. The van der Waals surface area contributed by atoms with E-state index in [2.05, 4.69) is 76.1 Å². The van der Waals surface area contributed by atoms with Crippen molar-refractivity contribution in [2.75, 3.05) is 56.1 Å². The monoisotopic (exact) mass is 2020 g/mol. The number of aromatic nitrogens is 12. The number of benzene rings is 4. The van der Waals surface area contributed by atoms with Crippen LogP contribution in [0.15, 0.2) is 181 Å². The molecule has 134 heavy (non-hydrogen) atoms. The smallest absolute Gasteiger partial charge is 0.407 e. The van der Waals surface area contributed by atoms with Gasteiger partial charge in [-0.15, -0.1) is 58.8 Å². The van der Waals surface area contributed by atoms with Crippen molar-refractivity contribution in [3.63, 3.8) is 0 Å². The second-order valence-corrected chi connectivity index (χ2v) is 45.9. The van der Waals surface area contributed by atoms with Gasteiger partial charge in [0.1, 0.15) is 46.0 Å². The van der Waals surface area contributed by atoms with Crippen LogP contribution in [0.1, 0.15) is 172 Å². The van der Waals surface area contributed by atoms with E-state index in [0.29, 0.717) is 47.1 Å². The first-order valence-electron chi connectivity index (χ1n) is 44.6. The zero-order valence-corrected chi connectivity index (χ0v) is 86.3. The molecule has 5 aliphatic carbocycles. The predicted octanol–water partition coefficient (Wildman–Crippen LogP) is 18.9. The van der Waals surface area contributed by atoms with Gasteiger partial charge in [0.2, 0.25) is 25.3 Å². The van der Waals surface area contributed by atoms with Crippen molar-refractivity contribution in [2.24, 2.45) is 40.3 Å². The minimum Gasteiger partial charge on any atom is -0.497 e. The van der Waals surface area contributed by atoms with Crippen molar-refractivity contribution in [1.29, 1.82) is 0 Å². The molecule has 30 nitrogen and oxygen atoms in total. The maximum Gasteiger partial charge on any atom is 0.407 e. The fourth-order valence-electron chi connectivity index (χ4n) is 16.1. The third-order valence-electron chi connectivity index (χ3n) is 22.9. The molecule has 7 heterocycles. The standard InChI is InChI=1S/C34H37N5O4S3.C18H21N5O2S3.C16H25N3O2S.C11H17N3S.C10H20N2O2.C5H5ClN2S/c1-42-27-10-5-23(6-11-27)21-39(22-24-7-12-28(43-2)13-8-24)46(40,41)30-14-15-31-32(18-30)45-34(38-31)37-26-9-4-25(16-26)17-33-35-19-29(44-3)20-36-33;1-26-13-9-20-17(21-10-13)7-11-2-3-12(6-11)22-18-23-15-5-4-14(28(19,24)25)8-16(15)27-18;1-16(2,3)21-15(20)19-12-6-5-11(7-12)8-14-17-9-13(22-4)10-18-14;1-15-10-6-13-11(14-7-10)5-8-2-3-9(12)4-8;1-10(2,3)14-9(13)12-8-5-4-7(11)6-8;1-9-4-2-7-5(6)8-3-4/h5-8,10-15,18-20,25-26H,4,9,16-17,21-22H2,1-3H3,(H,37,38);4-5,8-12H,2-3,6-7H2,1H3,(H,22,23)(H2,19,24,25);9-12H,5-8H2,1-4H3,(H,19,20);6-9H,2-5,12H2,1H3;7-8H,4-6,11H2,1-3H3,(H,12,13);2-3H,1H3/t25-,26-;2*11-,12-;8-,9-;7-,8-;/m00000./s1. The summed E-state index contributed by atoms with van der Waals surface area (Å²) in [6.45, 7) is 11.6. The molecule has 5 fully saturated rings. The summed E-state index contributed by atoms with van der Waals surface area (Å²) in [5, 5.41) is 20.0. The number of rotatable bonds is 28. The van der Waals surface area contributed by atoms with E-state index >= 15 is 0 Å². The third-order valence-corrected chi connectivity index (χ3v) is 31.1. The van der Waals surface area contributed by atoms with Crippen LogP contribution in [-0.2, 0) is 68.3 Å². The number of hydrogen-bond donors (Lipinski definition) is 7.